The van der Waals surface area contributed by atoms with Gasteiger partial charge in [-0.3, -0.25) is 9.20 Å². The van der Waals surface area contributed by atoms with Crippen LogP contribution >= 0.6 is 0 Å². The second-order valence-electron chi connectivity index (χ2n) is 6.61. The van der Waals surface area contributed by atoms with Crippen molar-refractivity contribution in [1.29, 1.82) is 0 Å². The van der Waals surface area contributed by atoms with Gasteiger partial charge >= 0.3 is 12.1 Å². The summed E-state index contributed by atoms with van der Waals surface area (Å²) in [5, 5.41) is 25.8. The first kappa shape index (κ1) is 19.8. The van der Waals surface area contributed by atoms with Crippen LogP contribution in [0.5, 0.6) is 0 Å². The predicted molar refractivity (Wildman–Crippen MR) is 93.9 cm³/mol. The Morgan fingerprint density at radius 2 is 1.93 bits per heavy atom. The third-order valence-electron chi connectivity index (χ3n) is 4.82. The highest BCUT2D eigenvalue weighted by atomic mass is 19.4. The summed E-state index contributed by atoms with van der Waals surface area (Å²) in [4.78, 5) is 11.5. The Morgan fingerprint density at radius 1 is 1.21 bits per heavy atom. The number of aryl methyl sites for hydroxylation is 2. The van der Waals surface area contributed by atoms with Gasteiger partial charge in [0.1, 0.15) is 0 Å². The average Bonchev–Trinajstić information content (AvgIpc) is 3.06. The highest BCUT2D eigenvalue weighted by Crippen LogP contribution is 2.34. The number of aliphatic hydroxyl groups is 1. The Bertz CT molecular complexity index is 1040. The van der Waals surface area contributed by atoms with E-state index < -0.39 is 23.9 Å². The van der Waals surface area contributed by atoms with Crippen molar-refractivity contribution >= 4 is 11.6 Å². The van der Waals surface area contributed by atoms with Crippen LogP contribution in [0.4, 0.5) is 13.2 Å². The number of hydrogen-bond donors (Lipinski definition) is 2. The van der Waals surface area contributed by atoms with Crippen LogP contribution < -0.4 is 0 Å². The Labute approximate surface area is 158 Å². The molecule has 0 bridgehead atoms. The van der Waals surface area contributed by atoms with Crippen molar-refractivity contribution in [2.45, 2.75) is 39.0 Å². The number of rotatable bonds is 5. The molecule has 0 amide bonds. The van der Waals surface area contributed by atoms with E-state index in [0.29, 0.717) is 22.3 Å². The number of carboxylic acid groups (broad SMARTS) is 1. The molecule has 0 fully saturated rings. The maximum absolute atomic E-state index is 13.1. The Hall–Kier alpha value is -2.94. The molecular formula is C19H18F3N3O3. The smallest absolute Gasteiger partial charge is 0.452 e. The molecule has 1 aromatic carbocycles. The summed E-state index contributed by atoms with van der Waals surface area (Å²) >= 11 is 0. The highest BCUT2D eigenvalue weighted by Gasteiger charge is 2.37. The number of aliphatic hydroxyl groups excluding tert-OH is 1. The number of halogens is 3. The molecule has 3 rings (SSSR count). The quantitative estimate of drug-likeness (QED) is 0.693. The van der Waals surface area contributed by atoms with Gasteiger partial charge < -0.3 is 10.2 Å². The molecule has 28 heavy (non-hydrogen) atoms. The topological polar surface area (TPSA) is 87.7 Å². The van der Waals surface area contributed by atoms with E-state index in [1.54, 1.807) is 25.1 Å². The molecule has 1 atom stereocenters. The molecule has 0 aliphatic rings. The Morgan fingerprint density at radius 3 is 2.54 bits per heavy atom. The van der Waals surface area contributed by atoms with Gasteiger partial charge in [0.2, 0.25) is 5.82 Å². The van der Waals surface area contributed by atoms with Crippen LogP contribution in [0.25, 0.3) is 5.65 Å². The lowest BCUT2D eigenvalue weighted by Crippen LogP contribution is -2.13. The third-order valence-corrected chi connectivity index (χ3v) is 4.82. The van der Waals surface area contributed by atoms with Gasteiger partial charge in [0.05, 0.1) is 13.0 Å². The van der Waals surface area contributed by atoms with E-state index in [2.05, 4.69) is 10.2 Å². The fourth-order valence-electron chi connectivity index (χ4n) is 3.33. The predicted octanol–water partition coefficient (Wildman–Crippen LogP) is 3.46. The maximum Gasteiger partial charge on any atom is 0.452 e. The van der Waals surface area contributed by atoms with Gasteiger partial charge in [0.15, 0.2) is 5.65 Å². The number of aliphatic carboxylic acids is 1. The van der Waals surface area contributed by atoms with Crippen LogP contribution in [0.1, 0.15) is 46.0 Å². The second-order valence-corrected chi connectivity index (χ2v) is 6.61. The van der Waals surface area contributed by atoms with Crippen LogP contribution in [-0.4, -0.2) is 30.8 Å². The van der Waals surface area contributed by atoms with E-state index in [0.717, 1.165) is 9.96 Å². The van der Waals surface area contributed by atoms with Crippen molar-refractivity contribution in [2.75, 3.05) is 0 Å². The monoisotopic (exact) mass is 393 g/mol. The zero-order valence-electron chi connectivity index (χ0n) is 15.2. The van der Waals surface area contributed by atoms with Gasteiger partial charge in [0, 0.05) is 12.1 Å². The molecule has 2 aromatic heterocycles. The van der Waals surface area contributed by atoms with Crippen LogP contribution in [0.3, 0.4) is 0 Å². The van der Waals surface area contributed by atoms with Gasteiger partial charge in [0.25, 0.3) is 0 Å². The van der Waals surface area contributed by atoms with E-state index in [1.165, 1.54) is 12.3 Å². The van der Waals surface area contributed by atoms with Crippen molar-refractivity contribution in [3.05, 3.63) is 64.1 Å². The molecule has 0 aliphatic carbocycles. The first-order chi connectivity index (χ1) is 13.1. The molecule has 0 spiro atoms. The number of pyridine rings is 1. The van der Waals surface area contributed by atoms with E-state index in [-0.39, 0.29) is 18.7 Å². The standard InChI is InChI=1S/C19H18F3N3O3/c1-10-3-4-12(7-13(10)9-26)15(8-16(27)28)14-5-6-25-17(11(14)2)23-24-18(25)19(20,21)22/h3-7,15,26H,8-9H2,1-2H3,(H,27,28)/t15-/m0/s1. The summed E-state index contributed by atoms with van der Waals surface area (Å²) in [6, 6.07) is 6.73. The van der Waals surface area contributed by atoms with E-state index in [4.69, 9.17) is 0 Å². The Balaban J connectivity index is 2.17. The van der Waals surface area contributed by atoms with Crippen molar-refractivity contribution in [2.24, 2.45) is 0 Å². The fourth-order valence-corrected chi connectivity index (χ4v) is 3.33. The number of carboxylic acids is 1. The van der Waals surface area contributed by atoms with E-state index >= 15 is 0 Å². The summed E-state index contributed by atoms with van der Waals surface area (Å²) in [5.74, 6) is -2.79. The van der Waals surface area contributed by atoms with Crippen LogP contribution in [0.15, 0.2) is 30.5 Å². The minimum Gasteiger partial charge on any atom is -0.481 e. The molecule has 3 aromatic rings. The number of benzene rings is 1. The summed E-state index contributed by atoms with van der Waals surface area (Å²) in [6.45, 7) is 3.22. The minimum absolute atomic E-state index is 0.0229. The molecule has 0 saturated heterocycles. The van der Waals surface area contributed by atoms with Gasteiger partial charge in [-0.05, 0) is 47.7 Å². The van der Waals surface area contributed by atoms with Crippen molar-refractivity contribution in [3.8, 4) is 0 Å². The average molecular weight is 393 g/mol. The van der Waals surface area contributed by atoms with E-state index in [1.807, 2.05) is 6.92 Å². The summed E-state index contributed by atoms with van der Waals surface area (Å²) in [5.41, 5.74) is 3.16. The van der Waals surface area contributed by atoms with Gasteiger partial charge in [-0.2, -0.15) is 13.2 Å². The number of aromatic nitrogens is 3. The van der Waals surface area contributed by atoms with Crippen molar-refractivity contribution < 1.29 is 28.2 Å². The zero-order valence-corrected chi connectivity index (χ0v) is 15.2. The first-order valence-corrected chi connectivity index (χ1v) is 8.47. The number of alkyl halides is 3. The van der Waals surface area contributed by atoms with Gasteiger partial charge in [-0.15, -0.1) is 10.2 Å². The molecule has 0 radical (unpaired) electrons. The molecule has 0 aliphatic heterocycles. The van der Waals surface area contributed by atoms with Crippen molar-refractivity contribution in [3.63, 3.8) is 0 Å². The van der Waals surface area contributed by atoms with Crippen LogP contribution in [0.2, 0.25) is 0 Å². The number of nitrogens with zero attached hydrogens (tertiary/aromatic N) is 3. The summed E-state index contributed by atoms with van der Waals surface area (Å²) < 4.78 is 40.1. The van der Waals surface area contributed by atoms with Gasteiger partial charge in [-0.1, -0.05) is 18.2 Å². The molecule has 0 saturated carbocycles. The third kappa shape index (κ3) is 3.57. The first-order valence-electron chi connectivity index (χ1n) is 8.47. The lowest BCUT2D eigenvalue weighted by Gasteiger charge is -2.20. The molecule has 9 heteroatoms. The SMILES string of the molecule is Cc1ccc([C@H](CC(=O)O)c2ccn3c(C(F)(F)F)nnc3c2C)cc1CO. The molecule has 2 heterocycles. The minimum atomic E-state index is -4.65. The largest absolute Gasteiger partial charge is 0.481 e. The zero-order chi connectivity index (χ0) is 20.6. The van der Waals surface area contributed by atoms with Crippen LogP contribution in [-0.2, 0) is 17.6 Å². The summed E-state index contributed by atoms with van der Waals surface area (Å²) in [6.07, 6.45) is -3.71. The van der Waals surface area contributed by atoms with E-state index in [9.17, 15) is 28.2 Å². The number of carbonyl (C=O) groups is 1. The summed E-state index contributed by atoms with van der Waals surface area (Å²) in [7, 11) is 0. The normalized spacial score (nSPS) is 13.1. The fraction of sp³-hybridized carbons (Fsp3) is 0.316. The molecule has 0 unspecified atom stereocenters. The second kappa shape index (κ2) is 7.23. The highest BCUT2D eigenvalue weighted by molar-refractivity contribution is 5.70. The molecule has 6 nitrogen and oxygen atoms in total. The lowest BCUT2D eigenvalue weighted by atomic mass is 9.85. The molecular weight excluding hydrogens is 375 g/mol. The van der Waals surface area contributed by atoms with Gasteiger partial charge in [-0.25, -0.2) is 0 Å². The molecule has 2 N–H and O–H groups in total. The lowest BCUT2D eigenvalue weighted by molar-refractivity contribution is -0.145. The van der Waals surface area contributed by atoms with Crippen LogP contribution in [0, 0.1) is 13.8 Å². The number of fused-ring (bicyclic) bond motifs is 1. The number of hydrogen-bond acceptors (Lipinski definition) is 4. The molecule has 148 valence electrons. The Kier molecular flexibility index (Phi) is 5.12. The maximum atomic E-state index is 13.1. The van der Waals surface area contributed by atoms with Crippen molar-refractivity contribution in [1.82, 2.24) is 14.6 Å².